The van der Waals surface area contributed by atoms with Crippen LogP contribution in [0.4, 0.5) is 8.78 Å². The van der Waals surface area contributed by atoms with Crippen molar-refractivity contribution in [1.82, 2.24) is 9.78 Å². The van der Waals surface area contributed by atoms with E-state index >= 15 is 0 Å². The molecular formula is C16H19BF2N2O2. The Kier molecular flexibility index (Phi) is 3.61. The maximum absolute atomic E-state index is 14.1. The number of halogens is 2. The van der Waals surface area contributed by atoms with Gasteiger partial charge in [-0.1, -0.05) is 6.07 Å². The number of nitrogens with zero attached hydrogens (tertiary/aromatic N) is 2. The maximum atomic E-state index is 14.1. The Labute approximate surface area is 134 Å². The molecule has 1 aliphatic heterocycles. The van der Waals surface area contributed by atoms with Crippen LogP contribution in [-0.4, -0.2) is 28.1 Å². The van der Waals surface area contributed by atoms with Crippen LogP contribution in [0.5, 0.6) is 0 Å². The standard InChI is InChI=1S/C16H19BF2N2O2/c1-15(2)16(3,4)23-17(22-15)10-9-21(5)20-14(10)13-11(18)7-6-8-12(13)19/h6-9H,1-5H3. The highest BCUT2D eigenvalue weighted by molar-refractivity contribution is 6.63. The summed E-state index contributed by atoms with van der Waals surface area (Å²) in [7, 11) is 0.958. The molecule has 0 spiro atoms. The summed E-state index contributed by atoms with van der Waals surface area (Å²) >= 11 is 0. The Hall–Kier alpha value is -1.73. The molecular weight excluding hydrogens is 301 g/mol. The molecule has 2 heterocycles. The zero-order valence-corrected chi connectivity index (χ0v) is 13.9. The lowest BCUT2D eigenvalue weighted by atomic mass is 9.78. The normalized spacial score (nSPS) is 19.3. The van der Waals surface area contributed by atoms with E-state index in [9.17, 15) is 8.78 Å². The summed E-state index contributed by atoms with van der Waals surface area (Å²) in [5.74, 6) is -1.33. The number of rotatable bonds is 2. The summed E-state index contributed by atoms with van der Waals surface area (Å²) in [5, 5.41) is 4.22. The highest BCUT2D eigenvalue weighted by Crippen LogP contribution is 2.37. The molecule has 2 aromatic rings. The Bertz CT molecular complexity index is 722. The third kappa shape index (κ3) is 2.58. The summed E-state index contributed by atoms with van der Waals surface area (Å²) in [6.45, 7) is 7.69. The minimum absolute atomic E-state index is 0.169. The van der Waals surface area contributed by atoms with Crippen molar-refractivity contribution in [2.24, 2.45) is 7.05 Å². The highest BCUT2D eigenvalue weighted by atomic mass is 19.1. The second-order valence-corrected chi connectivity index (χ2v) is 6.79. The fourth-order valence-electron chi connectivity index (χ4n) is 2.57. The van der Waals surface area contributed by atoms with Gasteiger partial charge in [0.05, 0.1) is 22.5 Å². The van der Waals surface area contributed by atoms with Crippen LogP contribution in [0, 0.1) is 11.6 Å². The molecule has 1 aromatic carbocycles. The number of hydrogen-bond donors (Lipinski definition) is 0. The quantitative estimate of drug-likeness (QED) is 0.798. The van der Waals surface area contributed by atoms with Crippen LogP contribution in [0.1, 0.15) is 27.7 Å². The summed E-state index contributed by atoms with van der Waals surface area (Å²) in [4.78, 5) is 0. The molecule has 0 saturated carbocycles. The molecule has 0 radical (unpaired) electrons. The molecule has 0 N–H and O–H groups in total. The fraction of sp³-hybridized carbons (Fsp3) is 0.438. The molecule has 1 fully saturated rings. The zero-order chi connectivity index (χ0) is 17.0. The van der Waals surface area contributed by atoms with Gasteiger partial charge in [0, 0.05) is 18.7 Å². The Balaban J connectivity index is 2.10. The van der Waals surface area contributed by atoms with Crippen LogP contribution in [-0.2, 0) is 16.4 Å². The van der Waals surface area contributed by atoms with E-state index in [0.717, 1.165) is 0 Å². The number of hydrogen-bond acceptors (Lipinski definition) is 3. The van der Waals surface area contributed by atoms with Crippen molar-refractivity contribution in [2.75, 3.05) is 0 Å². The van der Waals surface area contributed by atoms with Crippen molar-refractivity contribution in [3.05, 3.63) is 36.0 Å². The van der Waals surface area contributed by atoms with Crippen LogP contribution in [0.25, 0.3) is 11.3 Å². The number of benzene rings is 1. The zero-order valence-electron chi connectivity index (χ0n) is 13.9. The van der Waals surface area contributed by atoms with Crippen LogP contribution < -0.4 is 5.46 Å². The average molecular weight is 320 g/mol. The van der Waals surface area contributed by atoms with Gasteiger partial charge < -0.3 is 9.31 Å². The molecule has 0 aliphatic carbocycles. The van der Waals surface area contributed by atoms with Gasteiger partial charge in [-0.2, -0.15) is 5.10 Å². The predicted molar refractivity (Wildman–Crippen MR) is 84.3 cm³/mol. The largest absolute Gasteiger partial charge is 0.498 e. The van der Waals surface area contributed by atoms with Crippen LogP contribution in [0.15, 0.2) is 24.4 Å². The number of aromatic nitrogens is 2. The van der Waals surface area contributed by atoms with Gasteiger partial charge in [-0.25, -0.2) is 8.78 Å². The minimum Gasteiger partial charge on any atom is -0.399 e. The topological polar surface area (TPSA) is 36.3 Å². The first-order chi connectivity index (χ1) is 10.6. The second-order valence-electron chi connectivity index (χ2n) is 6.79. The van der Waals surface area contributed by atoms with E-state index in [1.54, 1.807) is 13.2 Å². The van der Waals surface area contributed by atoms with Gasteiger partial charge in [-0.3, -0.25) is 4.68 Å². The first-order valence-electron chi connectivity index (χ1n) is 7.46. The van der Waals surface area contributed by atoms with Gasteiger partial charge in [0.15, 0.2) is 0 Å². The molecule has 7 heteroatoms. The first-order valence-corrected chi connectivity index (χ1v) is 7.46. The van der Waals surface area contributed by atoms with Crippen molar-refractivity contribution in [1.29, 1.82) is 0 Å². The smallest absolute Gasteiger partial charge is 0.399 e. The fourth-order valence-corrected chi connectivity index (χ4v) is 2.57. The third-order valence-electron chi connectivity index (χ3n) is 4.56. The van der Waals surface area contributed by atoms with E-state index < -0.39 is 30.0 Å². The van der Waals surface area contributed by atoms with Crippen LogP contribution >= 0.6 is 0 Å². The second kappa shape index (κ2) is 5.14. The van der Waals surface area contributed by atoms with E-state index in [1.807, 2.05) is 27.7 Å². The maximum Gasteiger partial charge on any atom is 0.498 e. The van der Waals surface area contributed by atoms with Crippen molar-refractivity contribution >= 4 is 12.6 Å². The van der Waals surface area contributed by atoms with Gasteiger partial charge >= 0.3 is 7.12 Å². The molecule has 3 rings (SSSR count). The van der Waals surface area contributed by atoms with Crippen LogP contribution in [0.2, 0.25) is 0 Å². The summed E-state index contributed by atoms with van der Waals surface area (Å²) in [6, 6.07) is 3.74. The molecule has 1 aromatic heterocycles. The van der Waals surface area contributed by atoms with E-state index in [0.29, 0.717) is 5.46 Å². The van der Waals surface area contributed by atoms with E-state index in [2.05, 4.69) is 5.10 Å². The van der Waals surface area contributed by atoms with Gasteiger partial charge in [-0.15, -0.1) is 0 Å². The summed E-state index contributed by atoms with van der Waals surface area (Å²) < 4.78 is 41.8. The van der Waals surface area contributed by atoms with Gasteiger partial charge in [0.25, 0.3) is 0 Å². The van der Waals surface area contributed by atoms with E-state index in [4.69, 9.17) is 9.31 Å². The van der Waals surface area contributed by atoms with Crippen molar-refractivity contribution in [3.63, 3.8) is 0 Å². The molecule has 23 heavy (non-hydrogen) atoms. The lowest BCUT2D eigenvalue weighted by molar-refractivity contribution is 0.00578. The SMILES string of the molecule is Cn1cc(B2OC(C)(C)C(C)(C)O2)c(-c2c(F)cccc2F)n1. The minimum atomic E-state index is -0.734. The Morgan fingerprint density at radius 3 is 2.09 bits per heavy atom. The van der Waals surface area contributed by atoms with Crippen molar-refractivity contribution in [2.45, 2.75) is 38.9 Å². The summed E-state index contributed by atoms with van der Waals surface area (Å²) in [6.07, 6.45) is 1.67. The van der Waals surface area contributed by atoms with Crippen molar-refractivity contribution in [3.8, 4) is 11.3 Å². The van der Waals surface area contributed by atoms with E-state index in [1.165, 1.54) is 22.9 Å². The highest BCUT2D eigenvalue weighted by Gasteiger charge is 2.53. The van der Waals surface area contributed by atoms with Gasteiger partial charge in [0.1, 0.15) is 11.6 Å². The molecule has 0 unspecified atom stereocenters. The summed E-state index contributed by atoms with van der Waals surface area (Å²) in [5.41, 5.74) is -0.550. The lowest BCUT2D eigenvalue weighted by Gasteiger charge is -2.32. The molecule has 0 amide bonds. The molecule has 0 bridgehead atoms. The monoisotopic (exact) mass is 320 g/mol. The molecule has 1 aliphatic rings. The third-order valence-corrected chi connectivity index (χ3v) is 4.56. The molecule has 0 atom stereocenters. The lowest BCUT2D eigenvalue weighted by Crippen LogP contribution is -2.41. The average Bonchev–Trinajstić information content (AvgIpc) is 2.88. The van der Waals surface area contributed by atoms with Crippen LogP contribution in [0.3, 0.4) is 0 Å². The molecule has 122 valence electrons. The first kappa shape index (κ1) is 16.1. The van der Waals surface area contributed by atoms with Crippen molar-refractivity contribution < 1.29 is 18.1 Å². The number of aryl methyl sites for hydroxylation is 1. The Morgan fingerprint density at radius 1 is 1.04 bits per heavy atom. The van der Waals surface area contributed by atoms with Gasteiger partial charge in [0.2, 0.25) is 0 Å². The predicted octanol–water partition coefficient (Wildman–Crippen LogP) is 2.66. The molecule has 1 saturated heterocycles. The molecule has 4 nitrogen and oxygen atoms in total. The Morgan fingerprint density at radius 2 is 1.57 bits per heavy atom. The van der Waals surface area contributed by atoms with E-state index in [-0.39, 0.29) is 11.3 Å². The van der Waals surface area contributed by atoms with Gasteiger partial charge in [-0.05, 0) is 39.8 Å².